The van der Waals surface area contributed by atoms with Gasteiger partial charge in [-0.05, 0) is 37.3 Å². The molecule has 0 amide bonds. The zero-order chi connectivity index (χ0) is 14.1. The Hall–Kier alpha value is -1.45. The second-order valence-corrected chi connectivity index (χ2v) is 6.37. The van der Waals surface area contributed by atoms with E-state index >= 15 is 0 Å². The lowest BCUT2D eigenvalue weighted by Gasteiger charge is -2.37. The van der Waals surface area contributed by atoms with Gasteiger partial charge in [0, 0.05) is 23.0 Å². The average Bonchev–Trinajstić information content (AvgIpc) is 2.96. The molecule has 0 saturated heterocycles. The highest BCUT2D eigenvalue weighted by Gasteiger charge is 2.31. The molecule has 0 spiro atoms. The van der Waals surface area contributed by atoms with Crippen LogP contribution in [0.3, 0.4) is 0 Å². The van der Waals surface area contributed by atoms with Crippen LogP contribution in [0.1, 0.15) is 40.7 Å². The standard InChI is InChI=1S/C17H19NOS/c1-12-15-9-11-20-16(15)8-10-18(12)13(2)17(19)14-6-4-3-5-7-14/h3-7,9,11-13H,8,10H2,1-2H3. The zero-order valence-electron chi connectivity index (χ0n) is 11.9. The maximum absolute atomic E-state index is 12.6. The second-order valence-electron chi connectivity index (χ2n) is 5.37. The molecule has 0 aliphatic carbocycles. The van der Waals surface area contributed by atoms with Crippen LogP contribution in [0.25, 0.3) is 0 Å². The zero-order valence-corrected chi connectivity index (χ0v) is 12.7. The van der Waals surface area contributed by atoms with Crippen LogP contribution in [0, 0.1) is 0 Å². The van der Waals surface area contributed by atoms with E-state index in [2.05, 4.69) is 23.3 Å². The molecule has 1 aliphatic rings. The highest BCUT2D eigenvalue weighted by Crippen LogP contribution is 2.34. The molecule has 2 heterocycles. The van der Waals surface area contributed by atoms with Crippen molar-refractivity contribution in [3.05, 3.63) is 57.8 Å². The number of hydrogen-bond donors (Lipinski definition) is 0. The molecule has 0 radical (unpaired) electrons. The van der Waals surface area contributed by atoms with Gasteiger partial charge in [-0.25, -0.2) is 0 Å². The van der Waals surface area contributed by atoms with Crippen LogP contribution in [0.4, 0.5) is 0 Å². The summed E-state index contributed by atoms with van der Waals surface area (Å²) in [5.41, 5.74) is 2.21. The Kier molecular flexibility index (Phi) is 3.72. The van der Waals surface area contributed by atoms with Crippen molar-refractivity contribution in [1.82, 2.24) is 4.90 Å². The SMILES string of the molecule is CC(C(=O)c1ccccc1)N1CCc2sccc2C1C. The number of carbonyl (C=O) groups is 1. The van der Waals surface area contributed by atoms with Gasteiger partial charge in [0.15, 0.2) is 5.78 Å². The van der Waals surface area contributed by atoms with E-state index in [0.717, 1.165) is 18.5 Å². The van der Waals surface area contributed by atoms with Gasteiger partial charge in [0.2, 0.25) is 0 Å². The molecule has 2 aromatic rings. The van der Waals surface area contributed by atoms with Gasteiger partial charge in [-0.3, -0.25) is 9.69 Å². The molecule has 0 bridgehead atoms. The van der Waals surface area contributed by atoms with Crippen molar-refractivity contribution in [2.24, 2.45) is 0 Å². The molecule has 2 unspecified atom stereocenters. The summed E-state index contributed by atoms with van der Waals surface area (Å²) in [6.07, 6.45) is 1.06. The molecule has 1 aliphatic heterocycles. The minimum atomic E-state index is -0.0690. The van der Waals surface area contributed by atoms with Crippen LogP contribution in [-0.2, 0) is 6.42 Å². The summed E-state index contributed by atoms with van der Waals surface area (Å²) in [7, 11) is 0. The summed E-state index contributed by atoms with van der Waals surface area (Å²) in [6, 6.07) is 12.1. The number of carbonyl (C=O) groups excluding carboxylic acids is 1. The van der Waals surface area contributed by atoms with E-state index in [-0.39, 0.29) is 11.8 Å². The highest BCUT2D eigenvalue weighted by atomic mass is 32.1. The maximum atomic E-state index is 12.6. The van der Waals surface area contributed by atoms with E-state index in [4.69, 9.17) is 0 Å². The molecule has 1 aromatic carbocycles. The predicted octanol–water partition coefficient (Wildman–Crippen LogP) is 3.94. The summed E-state index contributed by atoms with van der Waals surface area (Å²) < 4.78 is 0. The maximum Gasteiger partial charge on any atom is 0.179 e. The van der Waals surface area contributed by atoms with E-state index in [9.17, 15) is 4.79 Å². The number of Topliss-reactive ketones (excluding diaryl/α,β-unsaturated/α-hetero) is 1. The third kappa shape index (κ3) is 2.32. The summed E-state index contributed by atoms with van der Waals surface area (Å²) in [6.45, 7) is 5.21. The summed E-state index contributed by atoms with van der Waals surface area (Å²) in [4.78, 5) is 16.4. The molecule has 3 rings (SSSR count). The third-order valence-electron chi connectivity index (χ3n) is 4.26. The Morgan fingerprint density at radius 1 is 1.30 bits per heavy atom. The van der Waals surface area contributed by atoms with E-state index in [0.29, 0.717) is 6.04 Å². The van der Waals surface area contributed by atoms with Crippen LogP contribution in [0.5, 0.6) is 0 Å². The van der Waals surface area contributed by atoms with Crippen molar-refractivity contribution < 1.29 is 4.79 Å². The number of ketones is 1. The lowest BCUT2D eigenvalue weighted by atomic mass is 9.96. The van der Waals surface area contributed by atoms with Crippen LogP contribution in [0.2, 0.25) is 0 Å². The van der Waals surface area contributed by atoms with Gasteiger partial charge in [-0.15, -0.1) is 11.3 Å². The van der Waals surface area contributed by atoms with E-state index < -0.39 is 0 Å². The summed E-state index contributed by atoms with van der Waals surface area (Å²) in [5.74, 6) is 0.219. The summed E-state index contributed by atoms with van der Waals surface area (Å²) in [5, 5.41) is 2.16. The van der Waals surface area contributed by atoms with Gasteiger partial charge in [0.05, 0.1) is 6.04 Å². The van der Waals surface area contributed by atoms with Crippen molar-refractivity contribution in [1.29, 1.82) is 0 Å². The van der Waals surface area contributed by atoms with Crippen molar-refractivity contribution in [2.75, 3.05) is 6.54 Å². The molecular formula is C17H19NOS. The van der Waals surface area contributed by atoms with Gasteiger partial charge in [-0.1, -0.05) is 30.3 Å². The second kappa shape index (κ2) is 5.51. The predicted molar refractivity (Wildman–Crippen MR) is 83.4 cm³/mol. The van der Waals surface area contributed by atoms with Gasteiger partial charge in [0.1, 0.15) is 0 Å². The third-order valence-corrected chi connectivity index (χ3v) is 5.26. The molecule has 3 heteroatoms. The fourth-order valence-corrected chi connectivity index (χ4v) is 4.01. The van der Waals surface area contributed by atoms with E-state index in [1.54, 1.807) is 0 Å². The lowest BCUT2D eigenvalue weighted by Crippen LogP contribution is -2.44. The fourth-order valence-electron chi connectivity index (χ4n) is 3.05. The first-order chi connectivity index (χ1) is 9.68. The van der Waals surface area contributed by atoms with Gasteiger partial charge in [-0.2, -0.15) is 0 Å². The number of rotatable bonds is 3. The molecule has 2 nitrogen and oxygen atoms in total. The molecule has 0 fully saturated rings. The lowest BCUT2D eigenvalue weighted by molar-refractivity contribution is 0.0760. The van der Waals surface area contributed by atoms with Crippen LogP contribution in [0.15, 0.2) is 41.8 Å². The van der Waals surface area contributed by atoms with Crippen LogP contribution in [-0.4, -0.2) is 23.3 Å². The molecule has 0 N–H and O–H groups in total. The first kappa shape index (κ1) is 13.5. The Labute approximate surface area is 124 Å². The Bertz CT molecular complexity index is 604. The largest absolute Gasteiger partial charge is 0.292 e. The minimum Gasteiger partial charge on any atom is -0.292 e. The number of nitrogens with zero attached hydrogens (tertiary/aromatic N) is 1. The van der Waals surface area contributed by atoms with Gasteiger partial charge in [0.25, 0.3) is 0 Å². The van der Waals surface area contributed by atoms with Crippen LogP contribution >= 0.6 is 11.3 Å². The van der Waals surface area contributed by atoms with Gasteiger partial charge >= 0.3 is 0 Å². The highest BCUT2D eigenvalue weighted by molar-refractivity contribution is 7.10. The quantitative estimate of drug-likeness (QED) is 0.796. The van der Waals surface area contributed by atoms with Crippen molar-refractivity contribution in [3.8, 4) is 0 Å². The Morgan fingerprint density at radius 3 is 2.80 bits per heavy atom. The van der Waals surface area contributed by atoms with Crippen LogP contribution < -0.4 is 0 Å². The van der Waals surface area contributed by atoms with Crippen molar-refractivity contribution >= 4 is 17.1 Å². The van der Waals surface area contributed by atoms with Crippen molar-refractivity contribution in [2.45, 2.75) is 32.4 Å². The first-order valence-electron chi connectivity index (χ1n) is 7.09. The normalized spacial score (nSPS) is 20.4. The van der Waals surface area contributed by atoms with E-state index in [1.165, 1.54) is 10.4 Å². The van der Waals surface area contributed by atoms with Gasteiger partial charge < -0.3 is 0 Å². The molecular weight excluding hydrogens is 266 g/mol. The molecule has 104 valence electrons. The van der Waals surface area contributed by atoms with Crippen molar-refractivity contribution in [3.63, 3.8) is 0 Å². The number of thiophene rings is 1. The molecule has 2 atom stereocenters. The molecule has 20 heavy (non-hydrogen) atoms. The number of benzene rings is 1. The van der Waals surface area contributed by atoms with E-state index in [1.807, 2.05) is 48.6 Å². The Balaban J connectivity index is 1.82. The minimum absolute atomic E-state index is 0.0690. The number of hydrogen-bond acceptors (Lipinski definition) is 3. The fraction of sp³-hybridized carbons (Fsp3) is 0.353. The monoisotopic (exact) mass is 285 g/mol. The first-order valence-corrected chi connectivity index (χ1v) is 7.97. The smallest absolute Gasteiger partial charge is 0.179 e. The average molecular weight is 285 g/mol. The molecule has 0 saturated carbocycles. The Morgan fingerprint density at radius 2 is 2.05 bits per heavy atom. The number of fused-ring (bicyclic) bond motifs is 1. The topological polar surface area (TPSA) is 20.3 Å². The summed E-state index contributed by atoms with van der Waals surface area (Å²) >= 11 is 1.84. The molecule has 1 aromatic heterocycles.